The Morgan fingerprint density at radius 3 is 2.83 bits per heavy atom. The summed E-state index contributed by atoms with van der Waals surface area (Å²) in [6.45, 7) is 8.74. The maximum absolute atomic E-state index is 5.54. The maximum atomic E-state index is 5.54. The quantitative estimate of drug-likeness (QED) is 0.781. The molecule has 2 heterocycles. The van der Waals surface area contributed by atoms with Crippen LogP contribution in [-0.2, 0) is 4.74 Å². The molecule has 0 bridgehead atoms. The minimum Gasteiger partial charge on any atom is -0.377 e. The number of allylic oxidation sites excluding steroid dienone is 2. The monoisotopic (exact) mass is 328 g/mol. The van der Waals surface area contributed by atoms with Crippen molar-refractivity contribution in [3.63, 3.8) is 0 Å². The molecule has 5 nitrogen and oxygen atoms in total. The lowest BCUT2D eigenvalue weighted by atomic mass is 10.0. The topological polar surface area (TPSA) is 50.1 Å². The molecule has 1 aliphatic rings. The number of aromatic nitrogens is 1. The third kappa shape index (κ3) is 4.09. The Morgan fingerprint density at radius 1 is 1.42 bits per heavy atom. The van der Waals surface area contributed by atoms with Gasteiger partial charge in [-0.25, -0.2) is 4.98 Å². The number of pyridine rings is 1. The van der Waals surface area contributed by atoms with Crippen molar-refractivity contribution in [2.45, 2.75) is 33.2 Å². The smallest absolute Gasteiger partial charge is 0.129 e. The van der Waals surface area contributed by atoms with E-state index in [1.165, 1.54) is 0 Å². The van der Waals surface area contributed by atoms with E-state index in [9.17, 15) is 0 Å². The maximum Gasteiger partial charge on any atom is 0.129 e. The van der Waals surface area contributed by atoms with Gasteiger partial charge in [0.05, 0.1) is 30.7 Å². The predicted octanol–water partition coefficient (Wildman–Crippen LogP) is 3.07. The van der Waals surface area contributed by atoms with Crippen LogP contribution in [-0.4, -0.2) is 56.8 Å². The molecular formula is C19H28N4O. The summed E-state index contributed by atoms with van der Waals surface area (Å²) in [5, 5.41) is 0. The summed E-state index contributed by atoms with van der Waals surface area (Å²) in [5.41, 5.74) is 4.17. The van der Waals surface area contributed by atoms with Crippen molar-refractivity contribution >= 4 is 17.7 Å². The zero-order chi connectivity index (χ0) is 17.5. The molecule has 24 heavy (non-hydrogen) atoms. The molecule has 2 rings (SSSR count). The summed E-state index contributed by atoms with van der Waals surface area (Å²) in [6.07, 6.45) is 4.72. The lowest BCUT2D eigenvalue weighted by molar-refractivity contribution is 0.0985. The number of ether oxygens (including phenoxy) is 1. The number of rotatable bonds is 5. The van der Waals surface area contributed by atoms with E-state index in [-0.39, 0.29) is 0 Å². The standard InChI is InChI=1S/C19H28N4O/c1-6-16(9-10-20-4)19(21-5)18-14(2)7-8-17(22-18)23-11-12-24-13-15(23)3/h7-10,15H,6,11-13H2,1-5H3/b16-9+,20-10?,21-19?/t15-/m1/s1. The summed E-state index contributed by atoms with van der Waals surface area (Å²) < 4.78 is 5.54. The number of morpholine rings is 1. The first-order valence-corrected chi connectivity index (χ1v) is 8.53. The predicted molar refractivity (Wildman–Crippen MR) is 102 cm³/mol. The number of aryl methyl sites for hydroxylation is 1. The second-order valence-electron chi connectivity index (χ2n) is 5.98. The van der Waals surface area contributed by atoms with Crippen molar-refractivity contribution in [2.75, 3.05) is 38.8 Å². The van der Waals surface area contributed by atoms with Gasteiger partial charge in [-0.05, 0) is 43.5 Å². The number of anilines is 1. The Labute approximate surface area is 145 Å². The van der Waals surface area contributed by atoms with Crippen LogP contribution in [0.2, 0.25) is 0 Å². The highest BCUT2D eigenvalue weighted by molar-refractivity contribution is 6.13. The highest BCUT2D eigenvalue weighted by Crippen LogP contribution is 2.22. The third-order valence-electron chi connectivity index (χ3n) is 4.30. The largest absolute Gasteiger partial charge is 0.377 e. The van der Waals surface area contributed by atoms with Gasteiger partial charge in [-0.15, -0.1) is 0 Å². The SMILES string of the molecule is CC/C(=C\C=NC)C(=NC)c1nc(N2CCOC[C@H]2C)ccc1C. The molecule has 130 valence electrons. The summed E-state index contributed by atoms with van der Waals surface area (Å²) >= 11 is 0. The van der Waals surface area contributed by atoms with Crippen LogP contribution in [0.5, 0.6) is 0 Å². The minimum absolute atomic E-state index is 0.331. The Balaban J connectivity index is 2.43. The van der Waals surface area contributed by atoms with Crippen molar-refractivity contribution in [3.05, 3.63) is 35.0 Å². The molecule has 0 aromatic carbocycles. The summed E-state index contributed by atoms with van der Waals surface area (Å²) in [5.74, 6) is 0.993. The van der Waals surface area contributed by atoms with Crippen LogP contribution >= 0.6 is 0 Å². The van der Waals surface area contributed by atoms with E-state index in [4.69, 9.17) is 9.72 Å². The lowest BCUT2D eigenvalue weighted by Gasteiger charge is -2.34. The van der Waals surface area contributed by atoms with Gasteiger partial charge in [-0.1, -0.05) is 13.0 Å². The lowest BCUT2D eigenvalue weighted by Crippen LogP contribution is -2.44. The van der Waals surface area contributed by atoms with Crippen molar-refractivity contribution < 1.29 is 4.74 Å². The van der Waals surface area contributed by atoms with Crippen LogP contribution in [0.3, 0.4) is 0 Å². The highest BCUT2D eigenvalue weighted by Gasteiger charge is 2.22. The van der Waals surface area contributed by atoms with Crippen LogP contribution in [0.1, 0.15) is 31.5 Å². The van der Waals surface area contributed by atoms with E-state index >= 15 is 0 Å². The first kappa shape index (κ1) is 18.3. The fourth-order valence-electron chi connectivity index (χ4n) is 2.92. The zero-order valence-electron chi connectivity index (χ0n) is 15.4. The number of aliphatic imine (C=N–C) groups is 2. The van der Waals surface area contributed by atoms with Gasteiger partial charge in [0.25, 0.3) is 0 Å². The van der Waals surface area contributed by atoms with Gasteiger partial charge in [0, 0.05) is 26.9 Å². The molecule has 1 aliphatic heterocycles. The molecule has 0 N–H and O–H groups in total. The fourth-order valence-corrected chi connectivity index (χ4v) is 2.92. The fraction of sp³-hybridized carbons (Fsp3) is 0.526. The van der Waals surface area contributed by atoms with Gasteiger partial charge in [0.15, 0.2) is 0 Å². The molecule has 5 heteroatoms. The van der Waals surface area contributed by atoms with Crippen molar-refractivity contribution in [3.8, 4) is 0 Å². The van der Waals surface area contributed by atoms with Gasteiger partial charge in [0.2, 0.25) is 0 Å². The van der Waals surface area contributed by atoms with Gasteiger partial charge in [-0.2, -0.15) is 0 Å². The van der Waals surface area contributed by atoms with Gasteiger partial charge in [-0.3, -0.25) is 9.98 Å². The molecule has 0 amide bonds. The number of hydrogen-bond donors (Lipinski definition) is 0. The van der Waals surface area contributed by atoms with E-state index < -0.39 is 0 Å². The average molecular weight is 328 g/mol. The normalized spacial score (nSPS) is 20.0. The zero-order valence-corrected chi connectivity index (χ0v) is 15.4. The Hall–Kier alpha value is -2.01. The molecule has 1 atom stereocenters. The van der Waals surface area contributed by atoms with Crippen LogP contribution in [0.15, 0.2) is 33.8 Å². The highest BCUT2D eigenvalue weighted by atomic mass is 16.5. The molecule has 0 radical (unpaired) electrons. The van der Waals surface area contributed by atoms with Crippen LogP contribution in [0, 0.1) is 6.92 Å². The van der Waals surface area contributed by atoms with E-state index in [1.807, 2.05) is 19.3 Å². The molecule has 1 aromatic heterocycles. The summed E-state index contributed by atoms with van der Waals surface area (Å²) in [6, 6.07) is 4.56. The Morgan fingerprint density at radius 2 is 2.21 bits per heavy atom. The van der Waals surface area contributed by atoms with Gasteiger partial charge < -0.3 is 9.64 Å². The molecule has 0 aliphatic carbocycles. The molecule has 0 unspecified atom stereocenters. The molecule has 1 saturated heterocycles. The number of nitrogens with zero attached hydrogens (tertiary/aromatic N) is 4. The van der Waals surface area contributed by atoms with E-state index in [1.54, 1.807) is 7.05 Å². The molecule has 0 saturated carbocycles. The first-order chi connectivity index (χ1) is 11.6. The molecular weight excluding hydrogens is 300 g/mol. The first-order valence-electron chi connectivity index (χ1n) is 8.53. The second-order valence-corrected chi connectivity index (χ2v) is 5.98. The van der Waals surface area contributed by atoms with Crippen LogP contribution < -0.4 is 4.90 Å². The number of hydrogen-bond acceptors (Lipinski definition) is 5. The van der Waals surface area contributed by atoms with Gasteiger partial charge >= 0.3 is 0 Å². The van der Waals surface area contributed by atoms with Crippen molar-refractivity contribution in [1.29, 1.82) is 0 Å². The summed E-state index contributed by atoms with van der Waals surface area (Å²) in [7, 11) is 3.60. The molecule has 1 fully saturated rings. The van der Waals surface area contributed by atoms with E-state index in [0.29, 0.717) is 6.04 Å². The summed E-state index contributed by atoms with van der Waals surface area (Å²) in [4.78, 5) is 15.8. The third-order valence-corrected chi connectivity index (χ3v) is 4.30. The van der Waals surface area contributed by atoms with Crippen LogP contribution in [0.4, 0.5) is 5.82 Å². The average Bonchev–Trinajstić information content (AvgIpc) is 2.60. The second kappa shape index (κ2) is 8.73. The minimum atomic E-state index is 0.331. The molecule has 0 spiro atoms. The Kier molecular flexibility index (Phi) is 6.67. The van der Waals surface area contributed by atoms with Crippen molar-refractivity contribution in [2.24, 2.45) is 9.98 Å². The Bertz CT molecular complexity index is 649. The van der Waals surface area contributed by atoms with Crippen LogP contribution in [0.25, 0.3) is 0 Å². The van der Waals surface area contributed by atoms with E-state index in [2.05, 4.69) is 47.8 Å². The van der Waals surface area contributed by atoms with Gasteiger partial charge in [0.1, 0.15) is 5.82 Å². The van der Waals surface area contributed by atoms with Crippen molar-refractivity contribution in [1.82, 2.24) is 4.98 Å². The molecule has 1 aromatic rings. The van der Waals surface area contributed by atoms with E-state index in [0.717, 1.165) is 54.5 Å².